The van der Waals surface area contributed by atoms with Gasteiger partial charge in [-0.1, -0.05) is 114 Å². The van der Waals surface area contributed by atoms with E-state index in [1.54, 1.807) is 0 Å². The average molecular weight is 780 g/mol. The summed E-state index contributed by atoms with van der Waals surface area (Å²) < 4.78 is 1.42. The number of aryl methyl sites for hydroxylation is 2. The van der Waals surface area contributed by atoms with Crippen molar-refractivity contribution in [2.75, 3.05) is 0 Å². The van der Waals surface area contributed by atoms with Crippen LogP contribution in [0.3, 0.4) is 0 Å². The molecule has 0 bridgehead atoms. The van der Waals surface area contributed by atoms with Crippen molar-refractivity contribution in [2.45, 2.75) is 66.2 Å². The van der Waals surface area contributed by atoms with E-state index in [4.69, 9.17) is 0 Å². The number of hydrogen-bond acceptors (Lipinski definition) is 0. The van der Waals surface area contributed by atoms with Gasteiger partial charge in [-0.25, -0.2) is 12.1 Å². The molecule has 54 heavy (non-hydrogen) atoms. The molecule has 0 nitrogen and oxygen atoms in total. The topological polar surface area (TPSA) is 0 Å². The molecule has 0 amide bonds. The van der Waals surface area contributed by atoms with E-state index >= 15 is 0 Å². The first-order valence-corrected chi connectivity index (χ1v) is 20.2. The van der Waals surface area contributed by atoms with Gasteiger partial charge < -0.3 is 0 Å². The molecule has 1 heteroatoms. The summed E-state index contributed by atoms with van der Waals surface area (Å²) in [4.78, 5) is 0. The predicted molar refractivity (Wildman–Crippen MR) is 233 cm³/mol. The SMILES string of the molecule is CC(C)(C)c1cc2c(cc1-c1ccccc1)[cH-]c1cc(-c3ccccc3)c(C(C)(C)C)cc12.Cc1ccc([C](=[Zr+2])c2ccc(C)cc2)cc1.c1cc[cH-]c1. The Morgan fingerprint density at radius 3 is 1.15 bits per heavy atom. The van der Waals surface area contributed by atoms with Crippen molar-refractivity contribution >= 4 is 24.8 Å². The Labute approximate surface area is 338 Å². The van der Waals surface area contributed by atoms with Gasteiger partial charge in [0.05, 0.1) is 0 Å². The van der Waals surface area contributed by atoms with Crippen LogP contribution >= 0.6 is 0 Å². The van der Waals surface area contributed by atoms with Crippen LogP contribution in [0.2, 0.25) is 0 Å². The first-order valence-electron chi connectivity index (χ1n) is 19.0. The third-order valence-electron chi connectivity index (χ3n) is 10.0. The summed E-state index contributed by atoms with van der Waals surface area (Å²) in [5, 5.41) is 5.36. The zero-order chi connectivity index (χ0) is 38.5. The molecule has 0 aliphatic carbocycles. The Hall–Kier alpha value is -4.71. The molecule has 0 heterocycles. The molecule has 0 fully saturated rings. The molecule has 0 radical (unpaired) electrons. The summed E-state index contributed by atoms with van der Waals surface area (Å²) in [7, 11) is 0. The molecule has 0 aliphatic heterocycles. The summed E-state index contributed by atoms with van der Waals surface area (Å²) in [6.07, 6.45) is 0. The van der Waals surface area contributed by atoms with Crippen molar-refractivity contribution in [3.8, 4) is 22.3 Å². The Kier molecular flexibility index (Phi) is 12.1. The Balaban J connectivity index is 0.000000195. The maximum atomic E-state index is 2.45. The van der Waals surface area contributed by atoms with Gasteiger partial charge in [-0.2, -0.15) is 18.2 Å². The molecule has 0 saturated carbocycles. The number of rotatable bonds is 4. The first kappa shape index (κ1) is 39.0. The predicted octanol–water partition coefficient (Wildman–Crippen LogP) is 14.5. The van der Waals surface area contributed by atoms with Crippen LogP contribution in [0.1, 0.15) is 74.9 Å². The van der Waals surface area contributed by atoms with E-state index in [0.29, 0.717) is 0 Å². The third-order valence-corrected chi connectivity index (χ3v) is 11.4. The van der Waals surface area contributed by atoms with E-state index in [1.807, 2.05) is 30.3 Å². The van der Waals surface area contributed by atoms with Crippen molar-refractivity contribution in [3.63, 3.8) is 0 Å². The minimum absolute atomic E-state index is 0.0554. The zero-order valence-electron chi connectivity index (χ0n) is 33.2. The molecule has 0 unspecified atom stereocenters. The van der Waals surface area contributed by atoms with Gasteiger partial charge >= 0.3 is 112 Å². The molecule has 0 spiro atoms. The van der Waals surface area contributed by atoms with E-state index in [1.165, 1.54) is 105 Å². The van der Waals surface area contributed by atoms with Crippen LogP contribution in [0.4, 0.5) is 0 Å². The van der Waals surface area contributed by atoms with Crippen molar-refractivity contribution in [2.24, 2.45) is 0 Å². The van der Waals surface area contributed by atoms with E-state index in [2.05, 4.69) is 195 Å². The molecule has 8 aromatic carbocycles. The Morgan fingerprint density at radius 1 is 0.463 bits per heavy atom. The number of benzene rings is 6. The monoisotopic (exact) mass is 778 g/mol. The standard InChI is InChI=1S/C33H33.C15H14.C5H5.Zr/c1-32(2,3)30-20-26-24(18-28(30)22-13-9-7-10-14-22)17-25-19-29(23-15-11-8-12-16-23)31(21-27(25)26)33(4,5)6;1-12-3-7-14(8-4-12)11-15-9-5-13(2)6-10-15;1-2-4-5-3-1;/h7-21H,1-6H3;3-10H,1-2H3;1-5H;/q-1;;-1;+2. The van der Waals surface area contributed by atoms with E-state index in [0.717, 1.165) is 0 Å². The van der Waals surface area contributed by atoms with Crippen LogP contribution in [0, 0.1) is 13.8 Å². The van der Waals surface area contributed by atoms with Crippen molar-refractivity contribution in [3.05, 3.63) is 203 Å². The minimum Gasteiger partial charge on any atom is -0.214 e. The maximum absolute atomic E-state index is 2.45. The average Bonchev–Trinajstić information content (AvgIpc) is 3.86. The zero-order valence-corrected chi connectivity index (χ0v) is 35.6. The molecule has 8 aromatic rings. The van der Waals surface area contributed by atoms with Gasteiger partial charge in [-0.3, -0.25) is 0 Å². The summed E-state index contributed by atoms with van der Waals surface area (Å²) >= 11 is 1.46. The van der Waals surface area contributed by atoms with E-state index < -0.39 is 0 Å². The maximum Gasteiger partial charge on any atom is -0.172 e. The third kappa shape index (κ3) is 9.32. The second-order valence-electron chi connectivity index (χ2n) is 16.4. The number of hydrogen-bond donors (Lipinski definition) is 0. The fourth-order valence-corrected chi connectivity index (χ4v) is 7.81. The van der Waals surface area contributed by atoms with Gasteiger partial charge in [-0.05, 0) is 44.2 Å². The van der Waals surface area contributed by atoms with Crippen LogP contribution in [-0.4, -0.2) is 3.21 Å². The van der Waals surface area contributed by atoms with E-state index in [9.17, 15) is 0 Å². The molecule has 0 saturated heterocycles. The van der Waals surface area contributed by atoms with Gasteiger partial charge in [0, 0.05) is 0 Å². The summed E-state index contributed by atoms with van der Waals surface area (Å²) in [6, 6.07) is 61.3. The second-order valence-corrected chi connectivity index (χ2v) is 17.6. The summed E-state index contributed by atoms with van der Waals surface area (Å²) in [6.45, 7) is 18.2. The summed E-state index contributed by atoms with van der Waals surface area (Å²) in [5.74, 6) is 0. The molecule has 268 valence electrons. The molecular formula is C53H52Zr. The second kappa shape index (κ2) is 16.8. The Bertz CT molecular complexity index is 2250. The fourth-order valence-electron chi connectivity index (χ4n) is 6.99. The van der Waals surface area contributed by atoms with Crippen molar-refractivity contribution in [1.29, 1.82) is 0 Å². The van der Waals surface area contributed by atoms with Crippen molar-refractivity contribution < 1.29 is 24.2 Å². The molecule has 0 atom stereocenters. The fraction of sp³-hybridized carbons (Fsp3) is 0.189. The molecule has 0 aromatic heterocycles. The van der Waals surface area contributed by atoms with Gasteiger partial charge in [0.2, 0.25) is 0 Å². The van der Waals surface area contributed by atoms with Gasteiger partial charge in [-0.15, -0.1) is 39.7 Å². The van der Waals surface area contributed by atoms with Crippen LogP contribution < -0.4 is 0 Å². The van der Waals surface area contributed by atoms with Gasteiger partial charge in [0.1, 0.15) is 0 Å². The Morgan fingerprint density at radius 2 is 0.833 bits per heavy atom. The molecular weight excluding hydrogens is 728 g/mol. The van der Waals surface area contributed by atoms with Crippen LogP contribution in [0.15, 0.2) is 170 Å². The molecule has 0 aliphatic rings. The van der Waals surface area contributed by atoms with Gasteiger partial charge in [0.15, 0.2) is 0 Å². The first-order chi connectivity index (χ1) is 25.8. The summed E-state index contributed by atoms with van der Waals surface area (Å²) in [5.41, 5.74) is 13.5. The van der Waals surface area contributed by atoms with Crippen LogP contribution in [-0.2, 0) is 35.1 Å². The normalized spacial score (nSPS) is 11.4. The largest absolute Gasteiger partial charge is 0.214 e. The van der Waals surface area contributed by atoms with Gasteiger partial charge in [0.25, 0.3) is 0 Å². The number of fused-ring (bicyclic) bond motifs is 3. The molecule has 0 N–H and O–H groups in total. The van der Waals surface area contributed by atoms with Crippen LogP contribution in [0.25, 0.3) is 43.8 Å². The van der Waals surface area contributed by atoms with Crippen molar-refractivity contribution in [1.82, 2.24) is 0 Å². The van der Waals surface area contributed by atoms with E-state index in [-0.39, 0.29) is 10.8 Å². The quantitative estimate of drug-likeness (QED) is 0.156. The smallest absolute Gasteiger partial charge is 0.172 e. The minimum atomic E-state index is 0.0554. The van der Waals surface area contributed by atoms with Crippen LogP contribution in [0.5, 0.6) is 0 Å². The molecule has 8 rings (SSSR count).